The lowest BCUT2D eigenvalue weighted by molar-refractivity contribution is -0.0750. The van der Waals surface area contributed by atoms with Crippen molar-refractivity contribution in [2.75, 3.05) is 30.7 Å². The van der Waals surface area contributed by atoms with Crippen molar-refractivity contribution >= 4 is 45.5 Å². The van der Waals surface area contributed by atoms with Gasteiger partial charge in [-0.15, -0.1) is 10.2 Å². The second-order valence-corrected chi connectivity index (χ2v) is 10.0. The van der Waals surface area contributed by atoms with Crippen LogP contribution in [0.2, 0.25) is 5.02 Å². The van der Waals surface area contributed by atoms with Gasteiger partial charge in [0.2, 0.25) is 5.13 Å². The molecule has 6 nitrogen and oxygen atoms in total. The number of hydrogen-bond acceptors (Lipinski definition) is 8. The third-order valence-electron chi connectivity index (χ3n) is 4.43. The quantitative estimate of drug-likeness (QED) is 0.625. The maximum Gasteiger partial charge on any atom is 0.210 e. The molecule has 2 N–H and O–H groups in total. The molecule has 0 aliphatic carbocycles. The summed E-state index contributed by atoms with van der Waals surface area (Å²) in [5.41, 5.74) is 3.05. The monoisotopic (exact) mass is 442 g/mol. The molecule has 1 aliphatic rings. The van der Waals surface area contributed by atoms with Crippen LogP contribution in [0.4, 0.5) is 10.8 Å². The van der Waals surface area contributed by atoms with Gasteiger partial charge in [-0.3, -0.25) is 4.90 Å². The van der Waals surface area contributed by atoms with E-state index in [-0.39, 0.29) is 12.2 Å². The molecule has 9 heteroatoms. The molecule has 1 saturated heterocycles. The third-order valence-corrected chi connectivity index (χ3v) is 6.85. The van der Waals surface area contributed by atoms with Gasteiger partial charge in [-0.1, -0.05) is 40.8 Å². The van der Waals surface area contributed by atoms with Gasteiger partial charge in [0.15, 0.2) is 4.34 Å². The number of nitrogens with zero attached hydrogens (tertiary/aromatic N) is 3. The normalized spacial score (nSPS) is 21.6. The molecule has 3 rings (SSSR count). The van der Waals surface area contributed by atoms with Gasteiger partial charge in [-0.25, -0.2) is 0 Å². The van der Waals surface area contributed by atoms with Gasteiger partial charge in [0.1, 0.15) is 0 Å². The van der Waals surface area contributed by atoms with Crippen LogP contribution >= 0.6 is 34.7 Å². The molecule has 0 amide bonds. The van der Waals surface area contributed by atoms with Gasteiger partial charge in [-0.05, 0) is 44.9 Å². The highest BCUT2D eigenvalue weighted by atomic mass is 35.5. The molecule has 154 valence electrons. The smallest absolute Gasteiger partial charge is 0.210 e. The minimum atomic E-state index is -0.420. The van der Waals surface area contributed by atoms with E-state index in [1.165, 1.54) is 23.1 Å². The number of aliphatic hydroxyl groups is 1. The van der Waals surface area contributed by atoms with Crippen LogP contribution in [0, 0.1) is 13.8 Å². The van der Waals surface area contributed by atoms with Crippen molar-refractivity contribution in [1.29, 1.82) is 0 Å². The summed E-state index contributed by atoms with van der Waals surface area (Å²) in [6.07, 6.45) is -0.00787. The zero-order chi connectivity index (χ0) is 20.3. The van der Waals surface area contributed by atoms with Crippen molar-refractivity contribution in [1.82, 2.24) is 15.1 Å². The maximum absolute atomic E-state index is 10.4. The Morgan fingerprint density at radius 3 is 2.71 bits per heavy atom. The summed E-state index contributed by atoms with van der Waals surface area (Å²) in [6, 6.07) is 4.01. The molecule has 2 heterocycles. The van der Waals surface area contributed by atoms with Gasteiger partial charge >= 0.3 is 0 Å². The molecular weight excluding hydrogens is 416 g/mol. The lowest BCUT2D eigenvalue weighted by Gasteiger charge is -2.36. The topological polar surface area (TPSA) is 70.5 Å². The highest BCUT2D eigenvalue weighted by molar-refractivity contribution is 8.01. The van der Waals surface area contributed by atoms with Gasteiger partial charge in [0.05, 0.1) is 29.0 Å². The van der Waals surface area contributed by atoms with Crippen LogP contribution in [0.15, 0.2) is 16.5 Å². The maximum atomic E-state index is 10.4. The molecule has 1 fully saturated rings. The Kier molecular flexibility index (Phi) is 7.58. The van der Waals surface area contributed by atoms with E-state index < -0.39 is 6.10 Å². The molecule has 1 aliphatic heterocycles. The van der Waals surface area contributed by atoms with Gasteiger partial charge in [0, 0.05) is 25.4 Å². The SMILES string of the molecule is Cc1cc(C)c(Nc2nnc(SCC(O)CN3CC(C)OC(C)C3)s2)c(Cl)c1. The fraction of sp³-hybridized carbons (Fsp3) is 0.579. The lowest BCUT2D eigenvalue weighted by Crippen LogP contribution is -2.48. The molecule has 1 aromatic carbocycles. The minimum absolute atomic E-state index is 0.206. The van der Waals surface area contributed by atoms with Gasteiger partial charge < -0.3 is 15.2 Å². The third kappa shape index (κ3) is 6.05. The Bertz CT molecular complexity index is 771. The molecule has 0 saturated carbocycles. The summed E-state index contributed by atoms with van der Waals surface area (Å²) < 4.78 is 6.57. The van der Waals surface area contributed by atoms with E-state index >= 15 is 0 Å². The Morgan fingerprint density at radius 2 is 2.04 bits per heavy atom. The van der Waals surface area contributed by atoms with Crippen molar-refractivity contribution in [2.24, 2.45) is 0 Å². The predicted molar refractivity (Wildman–Crippen MR) is 117 cm³/mol. The first-order valence-electron chi connectivity index (χ1n) is 9.36. The van der Waals surface area contributed by atoms with Crippen LogP contribution in [0.1, 0.15) is 25.0 Å². The molecule has 3 atom stereocenters. The second-order valence-electron chi connectivity index (χ2n) is 7.38. The molecule has 3 unspecified atom stereocenters. The number of aromatic nitrogens is 2. The van der Waals surface area contributed by atoms with Crippen LogP contribution < -0.4 is 5.32 Å². The Hall–Kier alpha value is -0.900. The number of anilines is 2. The summed E-state index contributed by atoms with van der Waals surface area (Å²) in [6.45, 7) is 10.5. The number of benzene rings is 1. The number of rotatable bonds is 7. The molecular formula is C19H27ClN4O2S2. The number of β-amino-alcohol motifs (C(OH)–C–C–N with tert-alkyl or cyclic N) is 1. The fourth-order valence-electron chi connectivity index (χ4n) is 3.45. The van der Waals surface area contributed by atoms with E-state index in [0.29, 0.717) is 22.5 Å². The average molecular weight is 443 g/mol. The number of ether oxygens (including phenoxy) is 1. The fourth-order valence-corrected chi connectivity index (χ4v) is 5.52. The summed E-state index contributed by atoms with van der Waals surface area (Å²) in [7, 11) is 0. The molecule has 28 heavy (non-hydrogen) atoms. The largest absolute Gasteiger partial charge is 0.391 e. The number of halogens is 1. The predicted octanol–water partition coefficient (Wildman–Crippen LogP) is 4.11. The summed E-state index contributed by atoms with van der Waals surface area (Å²) in [5, 5.41) is 23.4. The Labute approximate surface area is 179 Å². The molecule has 0 radical (unpaired) electrons. The van der Waals surface area contributed by atoms with E-state index in [0.717, 1.165) is 34.2 Å². The number of morpholine rings is 1. The number of hydrogen-bond donors (Lipinski definition) is 2. The molecule has 0 bridgehead atoms. The van der Waals surface area contributed by atoms with E-state index in [1.807, 2.05) is 19.9 Å². The zero-order valence-corrected chi connectivity index (χ0v) is 19.0. The van der Waals surface area contributed by atoms with Gasteiger partial charge in [0.25, 0.3) is 0 Å². The molecule has 0 spiro atoms. The number of thioether (sulfide) groups is 1. The van der Waals surface area contributed by atoms with Crippen molar-refractivity contribution in [2.45, 2.75) is 50.3 Å². The molecule has 2 aromatic rings. The van der Waals surface area contributed by atoms with Crippen LogP contribution in [0.5, 0.6) is 0 Å². The van der Waals surface area contributed by atoms with Gasteiger partial charge in [-0.2, -0.15) is 0 Å². The average Bonchev–Trinajstić information content (AvgIpc) is 3.03. The van der Waals surface area contributed by atoms with Crippen molar-refractivity contribution in [3.05, 3.63) is 28.3 Å². The Balaban J connectivity index is 1.51. The first-order chi connectivity index (χ1) is 13.3. The first-order valence-corrected chi connectivity index (χ1v) is 11.5. The van der Waals surface area contributed by atoms with E-state index in [1.54, 1.807) is 0 Å². The van der Waals surface area contributed by atoms with E-state index in [2.05, 4.69) is 40.3 Å². The van der Waals surface area contributed by atoms with E-state index in [9.17, 15) is 5.11 Å². The van der Waals surface area contributed by atoms with Crippen molar-refractivity contribution in [3.8, 4) is 0 Å². The highest BCUT2D eigenvalue weighted by Gasteiger charge is 2.24. The minimum Gasteiger partial charge on any atom is -0.391 e. The highest BCUT2D eigenvalue weighted by Crippen LogP contribution is 2.33. The second kappa shape index (κ2) is 9.73. The summed E-state index contributed by atoms with van der Waals surface area (Å²) in [4.78, 5) is 2.26. The standard InChI is InChI=1S/C19H27ClN4O2S2/c1-11-5-12(2)17(16(20)6-11)21-18-22-23-19(28-18)27-10-15(25)9-24-7-13(3)26-14(4)8-24/h5-6,13-15,25H,7-10H2,1-4H3,(H,21,22). The van der Waals surface area contributed by atoms with E-state index in [4.69, 9.17) is 16.3 Å². The van der Waals surface area contributed by atoms with Crippen LogP contribution in [-0.4, -0.2) is 63.9 Å². The summed E-state index contributed by atoms with van der Waals surface area (Å²) in [5.74, 6) is 0.582. The van der Waals surface area contributed by atoms with Crippen molar-refractivity contribution < 1.29 is 9.84 Å². The van der Waals surface area contributed by atoms with Crippen LogP contribution in [0.25, 0.3) is 0 Å². The summed E-state index contributed by atoms with van der Waals surface area (Å²) >= 11 is 9.34. The number of aliphatic hydroxyl groups excluding tert-OH is 1. The number of nitrogens with one attached hydrogen (secondary N) is 1. The molecule has 1 aromatic heterocycles. The number of aryl methyl sites for hydroxylation is 2. The lowest BCUT2D eigenvalue weighted by atomic mass is 10.1. The van der Waals surface area contributed by atoms with Crippen LogP contribution in [0.3, 0.4) is 0 Å². The van der Waals surface area contributed by atoms with Crippen molar-refractivity contribution in [3.63, 3.8) is 0 Å². The van der Waals surface area contributed by atoms with Crippen LogP contribution in [-0.2, 0) is 4.74 Å². The zero-order valence-electron chi connectivity index (χ0n) is 16.6. The Morgan fingerprint density at radius 1 is 1.32 bits per heavy atom. The first kappa shape index (κ1) is 21.8.